The Hall–Kier alpha value is -3.18. The normalized spacial score (nSPS) is 10.9. The number of fused-ring (bicyclic) bond motifs is 1. The molecule has 0 unspecified atom stereocenters. The van der Waals surface area contributed by atoms with Crippen molar-refractivity contribution >= 4 is 34.3 Å². The summed E-state index contributed by atoms with van der Waals surface area (Å²) in [5.74, 6) is 0.439. The molecule has 0 atom stereocenters. The lowest BCUT2D eigenvalue weighted by molar-refractivity contribution is 0.887. The number of nitrogens with one attached hydrogen (secondary N) is 1. The zero-order chi connectivity index (χ0) is 19.0. The lowest BCUT2D eigenvalue weighted by atomic mass is 10.1. The largest absolute Gasteiger partial charge is 0.324 e. The molecule has 0 fully saturated rings. The average Bonchev–Trinajstić information content (AvgIpc) is 2.66. The predicted octanol–water partition coefficient (Wildman–Crippen LogP) is 4.70. The highest BCUT2D eigenvalue weighted by Crippen LogP contribution is 2.27. The number of pyridine rings is 1. The smallest absolute Gasteiger partial charge is 0.259 e. The number of aryl methyl sites for hydroxylation is 2. The zero-order valence-corrected chi connectivity index (χ0v) is 15.7. The topological polar surface area (TPSA) is 59.8 Å². The van der Waals surface area contributed by atoms with Crippen LogP contribution in [0.3, 0.4) is 0 Å². The standard InChI is InChI=1S/C21H17ClN4O/c1-13-6-5-7-15(10-13)24-21-23-12-14-11-17(16-8-3-4-9-18(16)22)20(27)26(2)19(14)25-21/h3-12H,1-2H3,(H,23,24,25). The van der Waals surface area contributed by atoms with Gasteiger partial charge in [0.25, 0.3) is 5.56 Å². The van der Waals surface area contributed by atoms with Gasteiger partial charge in [-0.3, -0.25) is 9.36 Å². The van der Waals surface area contributed by atoms with Crippen LogP contribution in [-0.2, 0) is 7.05 Å². The molecule has 0 bridgehead atoms. The lowest BCUT2D eigenvalue weighted by Gasteiger charge is -2.11. The number of benzene rings is 2. The highest BCUT2D eigenvalue weighted by Gasteiger charge is 2.13. The molecule has 0 saturated carbocycles. The minimum atomic E-state index is -0.157. The summed E-state index contributed by atoms with van der Waals surface area (Å²) in [5, 5.41) is 4.48. The van der Waals surface area contributed by atoms with Gasteiger partial charge < -0.3 is 5.32 Å². The molecule has 0 aliphatic heterocycles. The van der Waals surface area contributed by atoms with Crippen LogP contribution in [0.1, 0.15) is 5.56 Å². The second-order valence-electron chi connectivity index (χ2n) is 6.37. The van der Waals surface area contributed by atoms with Crippen LogP contribution in [0, 0.1) is 6.92 Å². The van der Waals surface area contributed by atoms with E-state index in [2.05, 4.69) is 15.3 Å². The summed E-state index contributed by atoms with van der Waals surface area (Å²) in [7, 11) is 1.70. The first-order valence-electron chi connectivity index (χ1n) is 8.48. The van der Waals surface area contributed by atoms with Gasteiger partial charge in [-0.2, -0.15) is 4.98 Å². The molecular weight excluding hydrogens is 360 g/mol. The van der Waals surface area contributed by atoms with Crippen molar-refractivity contribution in [3.05, 3.63) is 81.7 Å². The lowest BCUT2D eigenvalue weighted by Crippen LogP contribution is -2.20. The monoisotopic (exact) mass is 376 g/mol. The maximum atomic E-state index is 12.9. The summed E-state index contributed by atoms with van der Waals surface area (Å²) < 4.78 is 1.52. The van der Waals surface area contributed by atoms with Gasteiger partial charge in [0.1, 0.15) is 5.65 Å². The quantitative estimate of drug-likeness (QED) is 0.563. The van der Waals surface area contributed by atoms with Gasteiger partial charge in [0, 0.05) is 40.5 Å². The van der Waals surface area contributed by atoms with E-state index in [1.165, 1.54) is 4.57 Å². The van der Waals surface area contributed by atoms with Crippen LogP contribution in [-0.4, -0.2) is 14.5 Å². The van der Waals surface area contributed by atoms with Crippen LogP contribution in [0.25, 0.3) is 22.2 Å². The Balaban J connectivity index is 1.82. The Bertz CT molecular complexity index is 1220. The second-order valence-corrected chi connectivity index (χ2v) is 6.78. The Labute approximate surface area is 161 Å². The van der Waals surface area contributed by atoms with Crippen LogP contribution < -0.4 is 10.9 Å². The van der Waals surface area contributed by atoms with Crippen molar-refractivity contribution in [1.29, 1.82) is 0 Å². The van der Waals surface area contributed by atoms with Gasteiger partial charge in [0.15, 0.2) is 0 Å². The van der Waals surface area contributed by atoms with Crippen LogP contribution in [0.4, 0.5) is 11.6 Å². The van der Waals surface area contributed by atoms with E-state index in [0.717, 1.165) is 16.6 Å². The fourth-order valence-electron chi connectivity index (χ4n) is 3.03. The van der Waals surface area contributed by atoms with Gasteiger partial charge in [-0.1, -0.05) is 41.9 Å². The Kier molecular flexibility index (Phi) is 4.38. The molecule has 2 aromatic carbocycles. The summed E-state index contributed by atoms with van der Waals surface area (Å²) in [6.45, 7) is 2.02. The highest BCUT2D eigenvalue weighted by atomic mass is 35.5. The SMILES string of the molecule is Cc1cccc(Nc2ncc3cc(-c4ccccc4Cl)c(=O)n(C)c3n2)c1. The molecule has 2 aromatic heterocycles. The average molecular weight is 377 g/mol. The molecule has 4 rings (SSSR count). The summed E-state index contributed by atoms with van der Waals surface area (Å²) >= 11 is 6.27. The maximum absolute atomic E-state index is 12.9. The third kappa shape index (κ3) is 3.29. The molecule has 0 radical (unpaired) electrons. The van der Waals surface area contributed by atoms with Gasteiger partial charge in [0.2, 0.25) is 5.95 Å². The number of aromatic nitrogens is 3. The van der Waals surface area contributed by atoms with Gasteiger partial charge in [0.05, 0.1) is 0 Å². The van der Waals surface area contributed by atoms with Crippen molar-refractivity contribution in [1.82, 2.24) is 14.5 Å². The maximum Gasteiger partial charge on any atom is 0.259 e. The Morgan fingerprint density at radius 2 is 1.85 bits per heavy atom. The molecular formula is C21H17ClN4O. The fourth-order valence-corrected chi connectivity index (χ4v) is 3.27. The van der Waals surface area contributed by atoms with E-state index in [-0.39, 0.29) is 5.56 Å². The molecule has 134 valence electrons. The summed E-state index contributed by atoms with van der Waals surface area (Å²) in [6.07, 6.45) is 1.71. The summed E-state index contributed by atoms with van der Waals surface area (Å²) in [4.78, 5) is 21.8. The molecule has 0 saturated heterocycles. The molecule has 0 amide bonds. The minimum absolute atomic E-state index is 0.157. The van der Waals surface area contributed by atoms with Gasteiger partial charge in [-0.05, 0) is 36.8 Å². The number of halogens is 1. The van der Waals surface area contributed by atoms with E-state index in [1.54, 1.807) is 25.4 Å². The molecule has 1 N–H and O–H groups in total. The first-order valence-corrected chi connectivity index (χ1v) is 8.86. The molecule has 4 aromatic rings. The van der Waals surface area contributed by atoms with E-state index >= 15 is 0 Å². The molecule has 0 aliphatic rings. The first kappa shape index (κ1) is 17.2. The number of hydrogen-bond acceptors (Lipinski definition) is 4. The van der Waals surface area contributed by atoms with Crippen molar-refractivity contribution in [2.45, 2.75) is 6.92 Å². The Morgan fingerprint density at radius 3 is 2.63 bits per heavy atom. The highest BCUT2D eigenvalue weighted by molar-refractivity contribution is 6.33. The third-order valence-electron chi connectivity index (χ3n) is 4.39. The minimum Gasteiger partial charge on any atom is -0.324 e. The van der Waals surface area contributed by atoms with E-state index in [9.17, 15) is 4.79 Å². The van der Waals surface area contributed by atoms with Crippen molar-refractivity contribution in [2.75, 3.05) is 5.32 Å². The third-order valence-corrected chi connectivity index (χ3v) is 4.72. The van der Waals surface area contributed by atoms with Crippen LogP contribution >= 0.6 is 11.6 Å². The molecule has 2 heterocycles. The van der Waals surface area contributed by atoms with Gasteiger partial charge >= 0.3 is 0 Å². The zero-order valence-electron chi connectivity index (χ0n) is 14.9. The van der Waals surface area contributed by atoms with Gasteiger partial charge in [-0.25, -0.2) is 4.98 Å². The second kappa shape index (κ2) is 6.85. The number of rotatable bonds is 3. The predicted molar refractivity (Wildman–Crippen MR) is 110 cm³/mol. The molecule has 5 nitrogen and oxygen atoms in total. The van der Waals surface area contributed by atoms with E-state index in [1.807, 2.05) is 49.4 Å². The summed E-state index contributed by atoms with van der Waals surface area (Å²) in [6, 6.07) is 17.0. The number of hydrogen-bond donors (Lipinski definition) is 1. The molecule has 0 aliphatic carbocycles. The van der Waals surface area contributed by atoms with Crippen LogP contribution in [0.15, 0.2) is 65.6 Å². The molecule has 6 heteroatoms. The number of nitrogens with zero attached hydrogens (tertiary/aromatic N) is 3. The van der Waals surface area contributed by atoms with Crippen molar-refractivity contribution in [3.8, 4) is 11.1 Å². The Morgan fingerprint density at radius 1 is 1.04 bits per heavy atom. The molecule has 27 heavy (non-hydrogen) atoms. The van der Waals surface area contributed by atoms with E-state index in [0.29, 0.717) is 27.7 Å². The molecule has 0 spiro atoms. The fraction of sp³-hybridized carbons (Fsp3) is 0.0952. The van der Waals surface area contributed by atoms with E-state index < -0.39 is 0 Å². The van der Waals surface area contributed by atoms with Crippen LogP contribution in [0.5, 0.6) is 0 Å². The van der Waals surface area contributed by atoms with E-state index in [4.69, 9.17) is 11.6 Å². The summed E-state index contributed by atoms with van der Waals surface area (Å²) in [5.41, 5.74) is 3.66. The van der Waals surface area contributed by atoms with Gasteiger partial charge in [-0.15, -0.1) is 0 Å². The van der Waals surface area contributed by atoms with Crippen LogP contribution in [0.2, 0.25) is 5.02 Å². The first-order chi connectivity index (χ1) is 13.0. The van der Waals surface area contributed by atoms with Crippen molar-refractivity contribution < 1.29 is 0 Å². The van der Waals surface area contributed by atoms with Crippen molar-refractivity contribution in [2.24, 2.45) is 7.05 Å². The number of anilines is 2. The van der Waals surface area contributed by atoms with Crippen molar-refractivity contribution in [3.63, 3.8) is 0 Å².